The predicted molar refractivity (Wildman–Crippen MR) is 129 cm³/mol. The number of ether oxygens (including phenoxy) is 3. The quantitative estimate of drug-likeness (QED) is 0.345. The number of halogens is 3. The fourth-order valence-corrected chi connectivity index (χ4v) is 4.23. The van der Waals surface area contributed by atoms with Crippen LogP contribution in [-0.4, -0.2) is 51.3 Å². The summed E-state index contributed by atoms with van der Waals surface area (Å²) in [7, 11) is 0. The van der Waals surface area contributed by atoms with Crippen molar-refractivity contribution in [2.45, 2.75) is 45.1 Å². The molecule has 0 bridgehead atoms. The monoisotopic (exact) mass is 538 g/mol. The van der Waals surface area contributed by atoms with Crippen molar-refractivity contribution in [1.82, 2.24) is 19.3 Å². The van der Waals surface area contributed by atoms with Crippen molar-refractivity contribution in [1.29, 1.82) is 0 Å². The number of hydrogen-bond acceptors (Lipinski definition) is 10. The first-order chi connectivity index (χ1) is 17.8. The molecule has 4 rings (SSSR count). The maximum absolute atomic E-state index is 12.9. The third-order valence-corrected chi connectivity index (χ3v) is 6.08. The summed E-state index contributed by atoms with van der Waals surface area (Å²) in [6.45, 7) is 3.29. The Kier molecular flexibility index (Phi) is 8.84. The standard InChI is InChI=1S/C23H25F3N6O4S/c1-14-20(22(37-32-14)31-17-13-27-12-16(30-17)23(24,25)26)21(33)29-15-6-7-18(28-11-15)34-9-4-10-36-19-5-2-3-8-35-19/h6-7,11-13,19H,2-5,8-10H2,1H3,(H,29,33)(H,30,31). The molecule has 1 atom stereocenters. The molecule has 1 fully saturated rings. The highest BCUT2D eigenvalue weighted by atomic mass is 32.1. The van der Waals surface area contributed by atoms with E-state index in [4.69, 9.17) is 14.2 Å². The number of pyridine rings is 1. The molecule has 1 amide bonds. The summed E-state index contributed by atoms with van der Waals surface area (Å²) in [5.74, 6) is -0.274. The largest absolute Gasteiger partial charge is 0.478 e. The molecule has 37 heavy (non-hydrogen) atoms. The summed E-state index contributed by atoms with van der Waals surface area (Å²) in [6, 6.07) is 3.25. The molecule has 14 heteroatoms. The van der Waals surface area contributed by atoms with E-state index in [9.17, 15) is 18.0 Å². The summed E-state index contributed by atoms with van der Waals surface area (Å²) in [5.41, 5.74) is -0.167. The molecule has 4 heterocycles. The lowest BCUT2D eigenvalue weighted by atomic mass is 10.2. The third-order valence-electron chi connectivity index (χ3n) is 5.23. The van der Waals surface area contributed by atoms with Gasteiger partial charge in [-0.05, 0) is 43.8 Å². The first-order valence-electron chi connectivity index (χ1n) is 11.6. The number of aryl methyl sites for hydroxylation is 1. The minimum atomic E-state index is -4.64. The van der Waals surface area contributed by atoms with E-state index in [0.29, 0.717) is 43.1 Å². The molecule has 10 nitrogen and oxygen atoms in total. The average Bonchev–Trinajstić information content (AvgIpc) is 3.25. The second-order valence-electron chi connectivity index (χ2n) is 8.09. The zero-order chi connectivity index (χ0) is 26.3. The van der Waals surface area contributed by atoms with Gasteiger partial charge in [0.1, 0.15) is 10.8 Å². The SMILES string of the molecule is Cc1nsc(Nc2cncc(C(F)(F)F)n2)c1C(=O)Nc1ccc(OCCCOC2CCCCO2)nc1. The summed E-state index contributed by atoms with van der Waals surface area (Å²) < 4.78 is 59.7. The Bertz CT molecular complexity index is 1190. The Morgan fingerprint density at radius 2 is 2.08 bits per heavy atom. The number of nitrogens with zero attached hydrogens (tertiary/aromatic N) is 4. The molecular formula is C23H25F3N6O4S. The highest BCUT2D eigenvalue weighted by Gasteiger charge is 2.33. The number of nitrogens with one attached hydrogen (secondary N) is 2. The van der Waals surface area contributed by atoms with Gasteiger partial charge in [0.05, 0.1) is 48.7 Å². The van der Waals surface area contributed by atoms with E-state index in [0.717, 1.165) is 43.6 Å². The van der Waals surface area contributed by atoms with Crippen LogP contribution in [0, 0.1) is 6.92 Å². The van der Waals surface area contributed by atoms with Crippen molar-refractivity contribution >= 4 is 33.9 Å². The molecule has 1 aliphatic heterocycles. The van der Waals surface area contributed by atoms with Gasteiger partial charge in [0.15, 0.2) is 12.0 Å². The summed E-state index contributed by atoms with van der Waals surface area (Å²) >= 11 is 0.923. The van der Waals surface area contributed by atoms with Gasteiger partial charge in [0, 0.05) is 19.1 Å². The maximum atomic E-state index is 12.9. The molecule has 198 valence electrons. The third kappa shape index (κ3) is 7.57. The first-order valence-corrected chi connectivity index (χ1v) is 12.3. The first kappa shape index (κ1) is 26.7. The second-order valence-corrected chi connectivity index (χ2v) is 8.87. The fraction of sp³-hybridized carbons (Fsp3) is 0.435. The molecule has 0 aliphatic carbocycles. The van der Waals surface area contributed by atoms with Crippen LogP contribution < -0.4 is 15.4 Å². The number of aromatic nitrogens is 4. The zero-order valence-electron chi connectivity index (χ0n) is 19.9. The van der Waals surface area contributed by atoms with Gasteiger partial charge in [0.2, 0.25) is 5.88 Å². The smallest absolute Gasteiger partial charge is 0.434 e. The van der Waals surface area contributed by atoms with E-state index in [1.54, 1.807) is 19.1 Å². The lowest BCUT2D eigenvalue weighted by molar-refractivity contribution is -0.163. The molecule has 0 saturated carbocycles. The molecule has 1 aliphatic rings. The molecule has 2 N–H and O–H groups in total. The van der Waals surface area contributed by atoms with Crippen LogP contribution in [0.1, 0.15) is 47.4 Å². The van der Waals surface area contributed by atoms with Gasteiger partial charge in [-0.2, -0.15) is 17.5 Å². The van der Waals surface area contributed by atoms with Crippen molar-refractivity contribution in [3.05, 3.63) is 47.7 Å². The summed E-state index contributed by atoms with van der Waals surface area (Å²) in [5, 5.41) is 5.64. The lowest BCUT2D eigenvalue weighted by Gasteiger charge is -2.22. The topological polar surface area (TPSA) is 120 Å². The molecule has 1 saturated heterocycles. The van der Waals surface area contributed by atoms with Crippen LogP contribution in [0.3, 0.4) is 0 Å². The van der Waals surface area contributed by atoms with E-state index < -0.39 is 17.8 Å². The van der Waals surface area contributed by atoms with E-state index in [1.165, 1.54) is 6.20 Å². The number of alkyl halides is 3. The maximum Gasteiger partial charge on any atom is 0.434 e. The van der Waals surface area contributed by atoms with Crippen LogP contribution in [0.4, 0.5) is 29.7 Å². The second kappa shape index (κ2) is 12.3. The van der Waals surface area contributed by atoms with Crippen LogP contribution in [0.2, 0.25) is 0 Å². The van der Waals surface area contributed by atoms with E-state index in [1.807, 2.05) is 0 Å². The average molecular weight is 539 g/mol. The number of anilines is 3. The van der Waals surface area contributed by atoms with Gasteiger partial charge in [-0.15, -0.1) is 0 Å². The highest BCUT2D eigenvalue weighted by Crippen LogP contribution is 2.31. The summed E-state index contributed by atoms with van der Waals surface area (Å²) in [6.07, 6.45) is 2.19. The number of carbonyl (C=O) groups is 1. The fourth-order valence-electron chi connectivity index (χ4n) is 3.43. The Morgan fingerprint density at radius 3 is 2.81 bits per heavy atom. The molecule has 0 radical (unpaired) electrons. The van der Waals surface area contributed by atoms with Crippen LogP contribution in [0.5, 0.6) is 5.88 Å². The normalized spacial score (nSPS) is 15.8. The zero-order valence-corrected chi connectivity index (χ0v) is 20.7. The minimum Gasteiger partial charge on any atom is -0.478 e. The van der Waals surface area contributed by atoms with Crippen LogP contribution >= 0.6 is 11.5 Å². The number of hydrogen-bond donors (Lipinski definition) is 2. The highest BCUT2D eigenvalue weighted by molar-refractivity contribution is 7.10. The molecule has 1 unspecified atom stereocenters. The molecular weight excluding hydrogens is 513 g/mol. The Hall–Kier alpha value is -3.36. The van der Waals surface area contributed by atoms with Crippen LogP contribution in [0.15, 0.2) is 30.7 Å². The van der Waals surface area contributed by atoms with Crippen LogP contribution in [0.25, 0.3) is 0 Å². The van der Waals surface area contributed by atoms with E-state index >= 15 is 0 Å². The number of rotatable bonds is 10. The van der Waals surface area contributed by atoms with E-state index in [2.05, 4.69) is 30.0 Å². The van der Waals surface area contributed by atoms with Gasteiger partial charge in [-0.3, -0.25) is 9.78 Å². The molecule has 0 aromatic carbocycles. The molecule has 3 aromatic heterocycles. The Labute approximate surface area is 214 Å². The summed E-state index contributed by atoms with van der Waals surface area (Å²) in [4.78, 5) is 24.2. The van der Waals surface area contributed by atoms with Crippen molar-refractivity contribution in [2.24, 2.45) is 0 Å². The predicted octanol–water partition coefficient (Wildman–Crippen LogP) is 4.96. The van der Waals surface area contributed by atoms with Gasteiger partial charge in [-0.1, -0.05) is 0 Å². The number of carbonyl (C=O) groups excluding carboxylic acids is 1. The Morgan fingerprint density at radius 1 is 1.22 bits per heavy atom. The van der Waals surface area contributed by atoms with Gasteiger partial charge in [-0.25, -0.2) is 9.97 Å². The molecule has 3 aromatic rings. The van der Waals surface area contributed by atoms with Crippen molar-refractivity contribution < 1.29 is 32.2 Å². The van der Waals surface area contributed by atoms with Crippen LogP contribution in [-0.2, 0) is 15.7 Å². The van der Waals surface area contributed by atoms with Crippen molar-refractivity contribution in [3.8, 4) is 5.88 Å². The molecule has 0 spiro atoms. The van der Waals surface area contributed by atoms with Gasteiger partial charge >= 0.3 is 6.18 Å². The van der Waals surface area contributed by atoms with E-state index in [-0.39, 0.29) is 22.7 Å². The minimum absolute atomic E-state index is 0.134. The van der Waals surface area contributed by atoms with Gasteiger partial charge in [0.25, 0.3) is 5.91 Å². The van der Waals surface area contributed by atoms with Gasteiger partial charge < -0.3 is 24.8 Å². The lowest BCUT2D eigenvalue weighted by Crippen LogP contribution is -2.23. The van der Waals surface area contributed by atoms with Crippen molar-refractivity contribution in [2.75, 3.05) is 30.5 Å². The number of amides is 1. The van der Waals surface area contributed by atoms with Crippen molar-refractivity contribution in [3.63, 3.8) is 0 Å². The Balaban J connectivity index is 1.29.